The van der Waals surface area contributed by atoms with Gasteiger partial charge in [0.25, 0.3) is 0 Å². The number of ether oxygens (including phenoxy) is 3. The Balaban J connectivity index is 4.31. The Morgan fingerprint density at radius 3 is 0.817 bits per heavy atom. The molecule has 0 spiro atoms. The number of unbranched alkanes of at least 4 members (excludes halogenated alkanes) is 41. The standard InChI is InChI=1S/C65H120O6/c1-4-7-10-13-16-19-22-25-27-29-31-32-34-35-37-40-43-46-49-52-55-58-64(67)70-61-62(60-69-63(66)57-54-51-48-45-42-39-24-21-18-15-12-9-6-3)71-65(68)59-56-53-50-47-44-41-38-36-33-30-28-26-23-20-17-14-11-8-5-2/h17,20,26,28,33,36,62H,4-16,18-19,21-25,27,29-32,34-35,37-61H2,1-3H3/b20-17-,28-26-,36-33-. The van der Waals surface area contributed by atoms with Crippen LogP contribution in [0, 0.1) is 0 Å². The highest BCUT2D eigenvalue weighted by Crippen LogP contribution is 2.17. The number of hydrogen-bond donors (Lipinski definition) is 0. The van der Waals surface area contributed by atoms with E-state index in [-0.39, 0.29) is 31.1 Å². The maximum absolute atomic E-state index is 12.9. The average molecular weight is 998 g/mol. The first-order chi connectivity index (χ1) is 35.0. The molecule has 0 aromatic heterocycles. The molecule has 0 aliphatic rings. The second kappa shape index (κ2) is 60.2. The third-order valence-corrected chi connectivity index (χ3v) is 14.1. The molecule has 0 radical (unpaired) electrons. The fraction of sp³-hybridized carbons (Fsp3) is 0.862. The summed E-state index contributed by atoms with van der Waals surface area (Å²) in [6.45, 7) is 6.66. The summed E-state index contributed by atoms with van der Waals surface area (Å²) in [6, 6.07) is 0. The smallest absolute Gasteiger partial charge is 0.306 e. The van der Waals surface area contributed by atoms with Gasteiger partial charge in [0.1, 0.15) is 13.2 Å². The van der Waals surface area contributed by atoms with Gasteiger partial charge in [-0.1, -0.05) is 301 Å². The van der Waals surface area contributed by atoms with E-state index in [9.17, 15) is 14.4 Å². The van der Waals surface area contributed by atoms with Crippen molar-refractivity contribution in [3.8, 4) is 0 Å². The number of hydrogen-bond acceptors (Lipinski definition) is 6. The van der Waals surface area contributed by atoms with Gasteiger partial charge in [0, 0.05) is 19.3 Å². The largest absolute Gasteiger partial charge is 0.462 e. The van der Waals surface area contributed by atoms with Crippen molar-refractivity contribution in [1.82, 2.24) is 0 Å². The van der Waals surface area contributed by atoms with E-state index in [0.29, 0.717) is 19.3 Å². The van der Waals surface area contributed by atoms with Crippen LogP contribution in [0.15, 0.2) is 36.5 Å². The van der Waals surface area contributed by atoms with Gasteiger partial charge in [0.05, 0.1) is 0 Å². The van der Waals surface area contributed by atoms with E-state index in [2.05, 4.69) is 57.2 Å². The zero-order valence-corrected chi connectivity index (χ0v) is 47.8. The monoisotopic (exact) mass is 997 g/mol. The van der Waals surface area contributed by atoms with Crippen LogP contribution in [0.1, 0.15) is 342 Å². The molecule has 0 heterocycles. The van der Waals surface area contributed by atoms with Gasteiger partial charge in [-0.15, -0.1) is 0 Å². The second-order valence-corrected chi connectivity index (χ2v) is 21.3. The van der Waals surface area contributed by atoms with Crippen molar-refractivity contribution < 1.29 is 28.6 Å². The molecule has 0 aromatic rings. The molecule has 0 aromatic carbocycles. The highest BCUT2D eigenvalue weighted by atomic mass is 16.6. The van der Waals surface area contributed by atoms with E-state index >= 15 is 0 Å². The normalized spacial score (nSPS) is 12.2. The molecule has 0 bridgehead atoms. The van der Waals surface area contributed by atoms with Gasteiger partial charge in [0.2, 0.25) is 0 Å². The van der Waals surface area contributed by atoms with E-state index in [1.807, 2.05) is 0 Å². The van der Waals surface area contributed by atoms with Gasteiger partial charge in [-0.2, -0.15) is 0 Å². The van der Waals surface area contributed by atoms with Crippen LogP contribution < -0.4 is 0 Å². The quantitative estimate of drug-likeness (QED) is 0.0261. The number of allylic oxidation sites excluding steroid dienone is 6. The second-order valence-electron chi connectivity index (χ2n) is 21.3. The summed E-state index contributed by atoms with van der Waals surface area (Å²) in [5.74, 6) is -0.861. The molecule has 0 amide bonds. The first kappa shape index (κ1) is 68.6. The SMILES string of the molecule is CCCCC/C=C\C/C=C\C/C=C\CCCCCCCCC(=O)OC(COC(=O)CCCCCCCCCCCCCCC)COC(=O)CCCCCCCCCCCCCCCCCCCCCCC. The molecular weight excluding hydrogens is 877 g/mol. The van der Waals surface area contributed by atoms with Crippen molar-refractivity contribution in [3.63, 3.8) is 0 Å². The predicted octanol–water partition coefficient (Wildman–Crippen LogP) is 21.2. The minimum Gasteiger partial charge on any atom is -0.462 e. The summed E-state index contributed by atoms with van der Waals surface area (Å²) in [4.78, 5) is 38.3. The van der Waals surface area contributed by atoms with E-state index in [0.717, 1.165) is 77.0 Å². The maximum atomic E-state index is 12.9. The predicted molar refractivity (Wildman–Crippen MR) is 307 cm³/mol. The number of carbonyl (C=O) groups excluding carboxylic acids is 3. The molecule has 1 atom stereocenters. The van der Waals surface area contributed by atoms with Gasteiger partial charge in [-0.05, 0) is 57.8 Å². The van der Waals surface area contributed by atoms with Crippen molar-refractivity contribution >= 4 is 17.9 Å². The molecule has 0 aliphatic heterocycles. The summed E-state index contributed by atoms with van der Waals surface area (Å²) in [6.07, 6.45) is 72.9. The lowest BCUT2D eigenvalue weighted by Gasteiger charge is -2.18. The van der Waals surface area contributed by atoms with Crippen LogP contribution in [0.4, 0.5) is 0 Å². The number of carbonyl (C=O) groups is 3. The third kappa shape index (κ3) is 58.4. The third-order valence-electron chi connectivity index (χ3n) is 14.1. The summed E-state index contributed by atoms with van der Waals surface area (Å²) in [5.41, 5.74) is 0. The van der Waals surface area contributed by atoms with Gasteiger partial charge in [0.15, 0.2) is 6.10 Å². The molecule has 0 saturated heterocycles. The molecule has 0 fully saturated rings. The Morgan fingerprint density at radius 1 is 0.282 bits per heavy atom. The van der Waals surface area contributed by atoms with E-state index in [4.69, 9.17) is 14.2 Å². The molecule has 0 saturated carbocycles. The summed E-state index contributed by atoms with van der Waals surface area (Å²) in [5, 5.41) is 0. The van der Waals surface area contributed by atoms with Crippen LogP contribution in [0.5, 0.6) is 0 Å². The highest BCUT2D eigenvalue weighted by molar-refractivity contribution is 5.71. The molecule has 71 heavy (non-hydrogen) atoms. The molecule has 1 unspecified atom stereocenters. The van der Waals surface area contributed by atoms with E-state index < -0.39 is 6.10 Å². The van der Waals surface area contributed by atoms with Crippen LogP contribution in [0.2, 0.25) is 0 Å². The first-order valence-corrected chi connectivity index (χ1v) is 31.5. The van der Waals surface area contributed by atoms with Crippen molar-refractivity contribution in [3.05, 3.63) is 36.5 Å². The van der Waals surface area contributed by atoms with E-state index in [1.54, 1.807) is 0 Å². The minimum atomic E-state index is -0.775. The summed E-state index contributed by atoms with van der Waals surface area (Å²) >= 11 is 0. The lowest BCUT2D eigenvalue weighted by atomic mass is 10.0. The van der Waals surface area contributed by atoms with Gasteiger partial charge < -0.3 is 14.2 Å². The van der Waals surface area contributed by atoms with Crippen LogP contribution in [-0.2, 0) is 28.6 Å². The van der Waals surface area contributed by atoms with Gasteiger partial charge in [-0.3, -0.25) is 14.4 Å². The Bertz CT molecular complexity index is 1190. The molecule has 416 valence electrons. The Labute approximate surface area is 442 Å². The Hall–Kier alpha value is -2.37. The fourth-order valence-electron chi connectivity index (χ4n) is 9.39. The van der Waals surface area contributed by atoms with Crippen LogP contribution in [0.3, 0.4) is 0 Å². The lowest BCUT2D eigenvalue weighted by Crippen LogP contribution is -2.30. The van der Waals surface area contributed by atoms with Crippen LogP contribution in [-0.4, -0.2) is 37.2 Å². The minimum absolute atomic E-state index is 0.0723. The lowest BCUT2D eigenvalue weighted by molar-refractivity contribution is -0.167. The number of esters is 3. The van der Waals surface area contributed by atoms with Crippen LogP contribution >= 0.6 is 0 Å². The van der Waals surface area contributed by atoms with Crippen molar-refractivity contribution in [2.24, 2.45) is 0 Å². The van der Waals surface area contributed by atoms with Crippen molar-refractivity contribution in [2.45, 2.75) is 348 Å². The van der Waals surface area contributed by atoms with Gasteiger partial charge in [-0.25, -0.2) is 0 Å². The molecule has 0 rings (SSSR count). The summed E-state index contributed by atoms with van der Waals surface area (Å²) in [7, 11) is 0. The zero-order chi connectivity index (χ0) is 51.4. The topological polar surface area (TPSA) is 78.9 Å². The van der Waals surface area contributed by atoms with Crippen molar-refractivity contribution in [2.75, 3.05) is 13.2 Å². The molecule has 6 nitrogen and oxygen atoms in total. The van der Waals surface area contributed by atoms with Gasteiger partial charge >= 0.3 is 17.9 Å². The zero-order valence-electron chi connectivity index (χ0n) is 47.8. The highest BCUT2D eigenvalue weighted by Gasteiger charge is 2.19. The Kier molecular flexibility index (Phi) is 58.2. The fourth-order valence-corrected chi connectivity index (χ4v) is 9.39. The number of rotatable bonds is 58. The van der Waals surface area contributed by atoms with Crippen LogP contribution in [0.25, 0.3) is 0 Å². The molecule has 6 heteroatoms. The average Bonchev–Trinajstić information content (AvgIpc) is 3.37. The molecule has 0 aliphatic carbocycles. The Morgan fingerprint density at radius 2 is 0.507 bits per heavy atom. The van der Waals surface area contributed by atoms with Crippen molar-refractivity contribution in [1.29, 1.82) is 0 Å². The first-order valence-electron chi connectivity index (χ1n) is 31.5. The molecule has 0 N–H and O–H groups in total. The summed E-state index contributed by atoms with van der Waals surface area (Å²) < 4.78 is 16.9. The molecular formula is C65H120O6. The maximum Gasteiger partial charge on any atom is 0.306 e. The van der Waals surface area contributed by atoms with E-state index in [1.165, 1.54) is 225 Å².